The molecule has 0 amide bonds. The first kappa shape index (κ1) is 14.5. The molecule has 0 radical (unpaired) electrons. The van der Waals surface area contributed by atoms with E-state index >= 15 is 0 Å². The Kier molecular flexibility index (Phi) is 5.83. The number of hydrogen-bond acceptors (Lipinski definition) is 3. The van der Waals surface area contributed by atoms with Crippen LogP contribution >= 0.6 is 0 Å². The maximum absolute atomic E-state index is 5.68. The summed E-state index contributed by atoms with van der Waals surface area (Å²) in [6.07, 6.45) is 3.98. The molecule has 2 rings (SSSR count). The van der Waals surface area contributed by atoms with Crippen LogP contribution in [-0.4, -0.2) is 44.8 Å². The SMILES string of the molecule is CNCCc1ccc(CN(C)CC2CCCO2)cc1. The van der Waals surface area contributed by atoms with Gasteiger partial charge in [-0.3, -0.25) is 4.90 Å². The minimum Gasteiger partial charge on any atom is -0.377 e. The topological polar surface area (TPSA) is 24.5 Å². The molecule has 0 saturated carbocycles. The zero-order valence-electron chi connectivity index (χ0n) is 12.2. The lowest BCUT2D eigenvalue weighted by molar-refractivity contribution is 0.0793. The van der Waals surface area contributed by atoms with Gasteiger partial charge in [0.05, 0.1) is 6.10 Å². The number of likely N-dealkylation sites (N-methyl/N-ethyl adjacent to an activating group) is 2. The van der Waals surface area contributed by atoms with Crippen LogP contribution in [0.25, 0.3) is 0 Å². The molecule has 0 aromatic heterocycles. The number of ether oxygens (including phenoxy) is 1. The molecule has 1 heterocycles. The number of nitrogens with one attached hydrogen (secondary N) is 1. The molecule has 1 aliphatic rings. The molecule has 0 spiro atoms. The molecule has 3 nitrogen and oxygen atoms in total. The van der Waals surface area contributed by atoms with Gasteiger partial charge in [-0.05, 0) is 51.0 Å². The monoisotopic (exact) mass is 262 g/mol. The Balaban J connectivity index is 1.77. The van der Waals surface area contributed by atoms with E-state index in [1.807, 2.05) is 7.05 Å². The van der Waals surface area contributed by atoms with Gasteiger partial charge in [0.15, 0.2) is 0 Å². The molecular formula is C16H26N2O. The van der Waals surface area contributed by atoms with E-state index in [1.165, 1.54) is 24.0 Å². The van der Waals surface area contributed by atoms with Crippen molar-refractivity contribution in [2.24, 2.45) is 0 Å². The summed E-state index contributed by atoms with van der Waals surface area (Å²) < 4.78 is 5.68. The van der Waals surface area contributed by atoms with Gasteiger partial charge in [0.1, 0.15) is 0 Å². The van der Waals surface area contributed by atoms with Crippen LogP contribution in [0.4, 0.5) is 0 Å². The van der Waals surface area contributed by atoms with Crippen molar-refractivity contribution in [3.8, 4) is 0 Å². The molecular weight excluding hydrogens is 236 g/mol. The first-order valence-electron chi connectivity index (χ1n) is 7.30. The Labute approximate surface area is 116 Å². The molecule has 1 fully saturated rings. The molecule has 1 aromatic carbocycles. The Bertz CT molecular complexity index is 358. The van der Waals surface area contributed by atoms with Crippen LogP contribution in [0.3, 0.4) is 0 Å². The third-order valence-electron chi connectivity index (χ3n) is 3.68. The average molecular weight is 262 g/mol. The van der Waals surface area contributed by atoms with Crippen molar-refractivity contribution in [2.75, 3.05) is 33.8 Å². The Hall–Kier alpha value is -0.900. The van der Waals surface area contributed by atoms with Crippen LogP contribution in [0.2, 0.25) is 0 Å². The van der Waals surface area contributed by atoms with E-state index in [0.717, 1.165) is 32.7 Å². The summed E-state index contributed by atoms with van der Waals surface area (Å²) in [5.41, 5.74) is 2.79. The van der Waals surface area contributed by atoms with E-state index in [1.54, 1.807) is 0 Å². The predicted molar refractivity (Wildman–Crippen MR) is 79.4 cm³/mol. The summed E-state index contributed by atoms with van der Waals surface area (Å²) >= 11 is 0. The van der Waals surface area contributed by atoms with E-state index in [9.17, 15) is 0 Å². The number of rotatable bonds is 7. The zero-order valence-corrected chi connectivity index (χ0v) is 12.2. The van der Waals surface area contributed by atoms with Crippen LogP contribution in [0.1, 0.15) is 24.0 Å². The number of benzene rings is 1. The van der Waals surface area contributed by atoms with Gasteiger partial charge in [-0.25, -0.2) is 0 Å². The van der Waals surface area contributed by atoms with Crippen molar-refractivity contribution >= 4 is 0 Å². The number of nitrogens with zero attached hydrogens (tertiary/aromatic N) is 1. The highest BCUT2D eigenvalue weighted by atomic mass is 16.5. The fourth-order valence-corrected chi connectivity index (χ4v) is 2.59. The van der Waals surface area contributed by atoms with Crippen molar-refractivity contribution in [1.82, 2.24) is 10.2 Å². The predicted octanol–water partition coefficient (Wildman–Crippen LogP) is 2.06. The number of hydrogen-bond donors (Lipinski definition) is 1. The van der Waals surface area contributed by atoms with Gasteiger partial charge >= 0.3 is 0 Å². The second-order valence-corrected chi connectivity index (χ2v) is 5.50. The van der Waals surface area contributed by atoms with Gasteiger partial charge in [0.25, 0.3) is 0 Å². The minimum atomic E-state index is 0.444. The molecule has 0 bridgehead atoms. The van der Waals surface area contributed by atoms with Crippen LogP contribution in [-0.2, 0) is 17.7 Å². The molecule has 1 aromatic rings. The molecule has 0 aliphatic carbocycles. The lowest BCUT2D eigenvalue weighted by atomic mass is 10.1. The van der Waals surface area contributed by atoms with Crippen molar-refractivity contribution in [3.63, 3.8) is 0 Å². The molecule has 3 heteroatoms. The zero-order chi connectivity index (χ0) is 13.5. The Morgan fingerprint density at radius 1 is 1.26 bits per heavy atom. The summed E-state index contributed by atoms with van der Waals surface area (Å²) in [4.78, 5) is 2.36. The Morgan fingerprint density at radius 2 is 2.00 bits per heavy atom. The maximum atomic E-state index is 5.68. The Morgan fingerprint density at radius 3 is 2.63 bits per heavy atom. The van der Waals surface area contributed by atoms with E-state index < -0.39 is 0 Å². The van der Waals surface area contributed by atoms with E-state index in [2.05, 4.69) is 41.5 Å². The smallest absolute Gasteiger partial charge is 0.0702 e. The van der Waals surface area contributed by atoms with Gasteiger partial charge in [0, 0.05) is 19.7 Å². The van der Waals surface area contributed by atoms with Crippen molar-refractivity contribution in [1.29, 1.82) is 0 Å². The molecule has 106 valence electrons. The third kappa shape index (κ3) is 4.94. The molecule has 1 N–H and O–H groups in total. The lowest BCUT2D eigenvalue weighted by Gasteiger charge is -2.20. The van der Waals surface area contributed by atoms with E-state index in [0.29, 0.717) is 6.10 Å². The van der Waals surface area contributed by atoms with Crippen molar-refractivity contribution in [2.45, 2.75) is 31.9 Å². The molecule has 1 atom stereocenters. The summed E-state index contributed by atoms with van der Waals surface area (Å²) in [6.45, 7) is 4.03. The van der Waals surface area contributed by atoms with Gasteiger partial charge in [-0.1, -0.05) is 24.3 Å². The van der Waals surface area contributed by atoms with Gasteiger partial charge in [-0.15, -0.1) is 0 Å². The standard InChI is InChI=1S/C16H26N2O/c1-17-10-9-14-5-7-15(8-6-14)12-18(2)13-16-4-3-11-19-16/h5-8,16-17H,3-4,9-13H2,1-2H3. The van der Waals surface area contributed by atoms with E-state index in [4.69, 9.17) is 4.74 Å². The first-order chi connectivity index (χ1) is 9.28. The summed E-state index contributed by atoms with van der Waals surface area (Å²) in [7, 11) is 4.17. The summed E-state index contributed by atoms with van der Waals surface area (Å²) in [6, 6.07) is 8.98. The second kappa shape index (κ2) is 7.63. The van der Waals surface area contributed by atoms with Crippen LogP contribution < -0.4 is 5.32 Å². The third-order valence-corrected chi connectivity index (χ3v) is 3.68. The molecule has 1 aliphatic heterocycles. The van der Waals surface area contributed by atoms with Crippen molar-refractivity contribution in [3.05, 3.63) is 35.4 Å². The molecule has 1 unspecified atom stereocenters. The quantitative estimate of drug-likeness (QED) is 0.814. The lowest BCUT2D eigenvalue weighted by Crippen LogP contribution is -2.28. The largest absolute Gasteiger partial charge is 0.377 e. The van der Waals surface area contributed by atoms with Crippen molar-refractivity contribution < 1.29 is 4.74 Å². The molecule has 19 heavy (non-hydrogen) atoms. The molecule has 1 saturated heterocycles. The fraction of sp³-hybridized carbons (Fsp3) is 0.625. The van der Waals surface area contributed by atoms with Crippen LogP contribution in [0.5, 0.6) is 0 Å². The second-order valence-electron chi connectivity index (χ2n) is 5.50. The normalized spacial score (nSPS) is 19.2. The highest BCUT2D eigenvalue weighted by Gasteiger charge is 2.17. The highest BCUT2D eigenvalue weighted by molar-refractivity contribution is 5.22. The fourth-order valence-electron chi connectivity index (χ4n) is 2.59. The van der Waals surface area contributed by atoms with E-state index in [-0.39, 0.29) is 0 Å². The summed E-state index contributed by atoms with van der Waals surface area (Å²) in [5, 5.41) is 3.18. The summed E-state index contributed by atoms with van der Waals surface area (Å²) in [5.74, 6) is 0. The highest BCUT2D eigenvalue weighted by Crippen LogP contribution is 2.14. The first-order valence-corrected chi connectivity index (χ1v) is 7.30. The minimum absolute atomic E-state index is 0.444. The van der Waals surface area contributed by atoms with Crippen LogP contribution in [0.15, 0.2) is 24.3 Å². The van der Waals surface area contributed by atoms with Crippen LogP contribution in [0, 0.1) is 0 Å². The van der Waals surface area contributed by atoms with Gasteiger partial charge in [0.2, 0.25) is 0 Å². The maximum Gasteiger partial charge on any atom is 0.0702 e. The van der Waals surface area contributed by atoms with Gasteiger partial charge < -0.3 is 10.1 Å². The average Bonchev–Trinajstić information content (AvgIpc) is 2.90. The van der Waals surface area contributed by atoms with Gasteiger partial charge in [-0.2, -0.15) is 0 Å².